The number of aliphatic hydroxyl groups is 1. The van der Waals surface area contributed by atoms with Crippen molar-refractivity contribution in [1.82, 2.24) is 10.0 Å². The molecular weight excluding hydrogens is 536 g/mol. The summed E-state index contributed by atoms with van der Waals surface area (Å²) in [6.07, 6.45) is -1.31. The van der Waals surface area contributed by atoms with E-state index in [0.717, 1.165) is 11.6 Å². The van der Waals surface area contributed by atoms with Crippen LogP contribution >= 0.6 is 0 Å². The van der Waals surface area contributed by atoms with Crippen molar-refractivity contribution in [2.75, 3.05) is 0 Å². The van der Waals surface area contributed by atoms with E-state index >= 15 is 0 Å². The SMILES string of the molecule is CC(C)(CCC#N)CC(NS(=O)(=O)c1cccc([N+](=O)[O-])c1)[C@H](O)[C@H](Cc1ccccc1)NC(=O)OC(C)(C)C. The number of aliphatic hydroxyl groups excluding tert-OH is 1. The van der Waals surface area contributed by atoms with E-state index < -0.39 is 55.9 Å². The fourth-order valence-corrected chi connectivity index (χ4v) is 5.51. The van der Waals surface area contributed by atoms with E-state index in [2.05, 4.69) is 16.1 Å². The Labute approximate surface area is 235 Å². The molecule has 2 aromatic carbocycles. The van der Waals surface area contributed by atoms with Gasteiger partial charge in [0.15, 0.2) is 0 Å². The standard InChI is InChI=1S/C28H38N4O7S/c1-27(2,3)39-26(34)30-23(17-20-11-7-6-8-12-20)25(33)24(19-28(4,5)15-10-16-29)31-40(37,38)22-14-9-13-21(18-22)32(35)36/h6-9,11-14,18,23-25,31,33H,10,15,17,19H2,1-5H3,(H,30,34)/t23-,24?,25+/m0/s1. The highest BCUT2D eigenvalue weighted by atomic mass is 32.2. The summed E-state index contributed by atoms with van der Waals surface area (Å²) in [5, 5.41) is 34.7. The van der Waals surface area contributed by atoms with Gasteiger partial charge in [-0.3, -0.25) is 10.1 Å². The first kappa shape index (κ1) is 32.7. The molecule has 2 rings (SSSR count). The van der Waals surface area contributed by atoms with Gasteiger partial charge in [-0.05, 0) is 57.1 Å². The third kappa shape index (κ3) is 10.6. The molecule has 0 bridgehead atoms. The molecule has 218 valence electrons. The average Bonchev–Trinajstić information content (AvgIpc) is 2.85. The van der Waals surface area contributed by atoms with Gasteiger partial charge in [0.1, 0.15) is 5.60 Å². The number of hydrogen-bond acceptors (Lipinski definition) is 8. The van der Waals surface area contributed by atoms with Crippen LogP contribution in [0.2, 0.25) is 0 Å². The number of rotatable bonds is 13. The van der Waals surface area contributed by atoms with Crippen LogP contribution in [0.3, 0.4) is 0 Å². The number of amides is 1. The minimum Gasteiger partial charge on any atom is -0.444 e. The summed E-state index contributed by atoms with van der Waals surface area (Å²) in [4.78, 5) is 22.9. The summed E-state index contributed by atoms with van der Waals surface area (Å²) in [6.45, 7) is 8.78. The quantitative estimate of drug-likeness (QED) is 0.232. The molecule has 0 radical (unpaired) electrons. The molecular formula is C28H38N4O7S. The lowest BCUT2D eigenvalue weighted by molar-refractivity contribution is -0.385. The molecule has 3 N–H and O–H groups in total. The summed E-state index contributed by atoms with van der Waals surface area (Å²) in [5.41, 5.74) is -1.01. The van der Waals surface area contributed by atoms with E-state index in [1.165, 1.54) is 18.2 Å². The molecule has 12 heteroatoms. The van der Waals surface area contributed by atoms with Crippen molar-refractivity contribution in [3.8, 4) is 6.07 Å². The topological polar surface area (TPSA) is 172 Å². The Morgan fingerprint density at radius 3 is 2.33 bits per heavy atom. The lowest BCUT2D eigenvalue weighted by atomic mass is 9.79. The second kappa shape index (κ2) is 13.7. The Morgan fingerprint density at radius 1 is 1.10 bits per heavy atom. The smallest absolute Gasteiger partial charge is 0.407 e. The summed E-state index contributed by atoms with van der Waals surface area (Å²) < 4.78 is 34.7. The van der Waals surface area contributed by atoms with Crippen molar-refractivity contribution in [2.24, 2.45) is 5.41 Å². The van der Waals surface area contributed by atoms with Gasteiger partial charge in [0.05, 0.1) is 34.1 Å². The van der Waals surface area contributed by atoms with Gasteiger partial charge in [-0.1, -0.05) is 50.2 Å². The average molecular weight is 575 g/mol. The van der Waals surface area contributed by atoms with Gasteiger partial charge in [0, 0.05) is 18.6 Å². The number of nitrogens with one attached hydrogen (secondary N) is 2. The van der Waals surface area contributed by atoms with Gasteiger partial charge in [-0.25, -0.2) is 17.9 Å². The highest BCUT2D eigenvalue weighted by molar-refractivity contribution is 7.89. The van der Waals surface area contributed by atoms with Crippen molar-refractivity contribution < 1.29 is 28.0 Å². The lowest BCUT2D eigenvalue weighted by Crippen LogP contribution is -2.56. The Kier molecular flexibility index (Phi) is 11.2. The summed E-state index contributed by atoms with van der Waals surface area (Å²) in [7, 11) is -4.34. The highest BCUT2D eigenvalue weighted by Gasteiger charge is 2.37. The number of nitriles is 1. The normalized spacial score (nSPS) is 14.4. The van der Waals surface area contributed by atoms with Gasteiger partial charge in [-0.15, -0.1) is 0 Å². The van der Waals surface area contributed by atoms with E-state index in [1.54, 1.807) is 32.9 Å². The molecule has 1 unspecified atom stereocenters. The van der Waals surface area contributed by atoms with E-state index in [0.29, 0.717) is 6.42 Å². The fraction of sp³-hybridized carbons (Fsp3) is 0.500. The summed E-state index contributed by atoms with van der Waals surface area (Å²) in [6, 6.07) is 13.6. The zero-order chi connectivity index (χ0) is 30.1. The first-order chi connectivity index (χ1) is 18.5. The monoisotopic (exact) mass is 574 g/mol. The number of alkyl carbamates (subject to hydrolysis) is 1. The van der Waals surface area contributed by atoms with Gasteiger partial charge in [0.2, 0.25) is 10.0 Å². The molecule has 0 aliphatic heterocycles. The zero-order valence-electron chi connectivity index (χ0n) is 23.5. The maximum absolute atomic E-state index is 13.4. The second-order valence-corrected chi connectivity index (χ2v) is 13.2. The number of nitrogens with zero attached hydrogens (tertiary/aromatic N) is 2. The lowest BCUT2D eigenvalue weighted by Gasteiger charge is -2.36. The first-order valence-corrected chi connectivity index (χ1v) is 14.4. The number of carbonyl (C=O) groups is 1. The van der Waals surface area contributed by atoms with E-state index in [9.17, 15) is 28.4 Å². The van der Waals surface area contributed by atoms with Crippen LogP contribution in [0, 0.1) is 26.9 Å². The Balaban J connectivity index is 2.49. The molecule has 0 aliphatic carbocycles. The molecule has 3 atom stereocenters. The van der Waals surface area contributed by atoms with E-state index in [-0.39, 0.29) is 24.2 Å². The van der Waals surface area contributed by atoms with Crippen LogP contribution in [0.5, 0.6) is 0 Å². The third-order valence-corrected chi connectivity index (χ3v) is 7.64. The number of nitro groups is 1. The van der Waals surface area contributed by atoms with Gasteiger partial charge in [-0.2, -0.15) is 5.26 Å². The predicted octanol–water partition coefficient (Wildman–Crippen LogP) is 4.46. The molecule has 0 spiro atoms. The summed E-state index contributed by atoms with van der Waals surface area (Å²) in [5.74, 6) is 0. The van der Waals surface area contributed by atoms with Crippen molar-refractivity contribution in [1.29, 1.82) is 5.26 Å². The molecule has 0 fully saturated rings. The third-order valence-electron chi connectivity index (χ3n) is 6.16. The molecule has 2 aromatic rings. The first-order valence-electron chi connectivity index (χ1n) is 12.9. The van der Waals surface area contributed by atoms with E-state index in [1.807, 2.05) is 32.0 Å². The molecule has 40 heavy (non-hydrogen) atoms. The second-order valence-electron chi connectivity index (χ2n) is 11.4. The van der Waals surface area contributed by atoms with Gasteiger partial charge >= 0.3 is 6.09 Å². The maximum Gasteiger partial charge on any atom is 0.407 e. The van der Waals surface area contributed by atoms with Crippen molar-refractivity contribution >= 4 is 21.8 Å². The molecule has 1 amide bonds. The minimum atomic E-state index is -4.34. The Hall–Kier alpha value is -3.53. The van der Waals surface area contributed by atoms with E-state index in [4.69, 9.17) is 10.00 Å². The molecule has 0 saturated heterocycles. The van der Waals surface area contributed by atoms with Crippen LogP contribution in [-0.4, -0.2) is 48.3 Å². The van der Waals surface area contributed by atoms with Crippen LogP contribution in [0.25, 0.3) is 0 Å². The van der Waals surface area contributed by atoms with Crippen LogP contribution in [0.15, 0.2) is 59.5 Å². The van der Waals surface area contributed by atoms with Crippen LogP contribution in [0.4, 0.5) is 10.5 Å². The predicted molar refractivity (Wildman–Crippen MR) is 150 cm³/mol. The number of hydrogen-bond donors (Lipinski definition) is 3. The zero-order valence-corrected chi connectivity index (χ0v) is 24.3. The summed E-state index contributed by atoms with van der Waals surface area (Å²) >= 11 is 0. The maximum atomic E-state index is 13.4. The largest absolute Gasteiger partial charge is 0.444 e. The fourth-order valence-electron chi connectivity index (χ4n) is 4.22. The molecule has 0 heterocycles. The number of non-ortho nitro benzene ring substituents is 1. The van der Waals surface area contributed by atoms with Crippen molar-refractivity contribution in [3.05, 3.63) is 70.3 Å². The minimum absolute atomic E-state index is 0.102. The van der Waals surface area contributed by atoms with Crippen molar-refractivity contribution in [2.45, 2.75) is 89.0 Å². The number of nitro benzene ring substituents is 1. The van der Waals surface area contributed by atoms with Crippen LogP contribution in [0.1, 0.15) is 59.4 Å². The van der Waals surface area contributed by atoms with Gasteiger partial charge in [0.25, 0.3) is 5.69 Å². The number of ether oxygens (including phenoxy) is 1. The number of benzene rings is 2. The van der Waals surface area contributed by atoms with Crippen LogP contribution < -0.4 is 10.0 Å². The molecule has 11 nitrogen and oxygen atoms in total. The van der Waals surface area contributed by atoms with Crippen molar-refractivity contribution in [3.63, 3.8) is 0 Å². The van der Waals surface area contributed by atoms with Gasteiger partial charge < -0.3 is 15.2 Å². The Morgan fingerprint density at radius 2 is 1.75 bits per heavy atom. The number of sulfonamides is 1. The molecule has 0 saturated carbocycles. The molecule has 0 aliphatic rings. The number of carbonyl (C=O) groups excluding carboxylic acids is 1. The molecule has 0 aromatic heterocycles. The highest BCUT2D eigenvalue weighted by Crippen LogP contribution is 2.31. The van der Waals surface area contributed by atoms with Crippen LogP contribution in [-0.2, 0) is 21.2 Å². The Bertz CT molecular complexity index is 1300.